The van der Waals surface area contributed by atoms with Crippen LogP contribution in [0, 0.1) is 0 Å². The van der Waals surface area contributed by atoms with Gasteiger partial charge in [0.1, 0.15) is 0 Å². The molecule has 4 heteroatoms. The van der Waals surface area contributed by atoms with Crippen molar-refractivity contribution >= 4 is 0 Å². The molecule has 1 fully saturated rings. The monoisotopic (exact) mass is 276 g/mol. The zero-order valence-corrected chi connectivity index (χ0v) is 12.8. The Morgan fingerprint density at radius 2 is 1.80 bits per heavy atom. The fourth-order valence-corrected chi connectivity index (χ4v) is 3.44. The van der Waals surface area contributed by atoms with Crippen molar-refractivity contribution in [3.05, 3.63) is 23.3 Å². The summed E-state index contributed by atoms with van der Waals surface area (Å²) in [5, 5.41) is 0. The van der Waals surface area contributed by atoms with Gasteiger partial charge in [-0.1, -0.05) is 0 Å². The molecule has 0 aliphatic carbocycles. The van der Waals surface area contributed by atoms with Crippen molar-refractivity contribution in [2.75, 3.05) is 40.9 Å². The summed E-state index contributed by atoms with van der Waals surface area (Å²) in [5.74, 6) is 1.69. The van der Waals surface area contributed by atoms with E-state index in [1.54, 1.807) is 14.2 Å². The molecule has 1 aromatic carbocycles. The van der Waals surface area contributed by atoms with Crippen molar-refractivity contribution < 1.29 is 9.47 Å². The van der Waals surface area contributed by atoms with Gasteiger partial charge in [0.15, 0.2) is 11.5 Å². The Balaban J connectivity index is 1.99. The van der Waals surface area contributed by atoms with Gasteiger partial charge in [0.2, 0.25) is 0 Å². The molecular formula is C16H24N2O2. The Bertz CT molecular complexity index is 503. The van der Waals surface area contributed by atoms with Crippen molar-refractivity contribution in [2.24, 2.45) is 0 Å². The van der Waals surface area contributed by atoms with Crippen molar-refractivity contribution in [3.63, 3.8) is 0 Å². The first-order valence-electron chi connectivity index (χ1n) is 7.33. The molecule has 110 valence electrons. The van der Waals surface area contributed by atoms with Gasteiger partial charge in [-0.3, -0.25) is 4.90 Å². The highest BCUT2D eigenvalue weighted by Crippen LogP contribution is 2.39. The van der Waals surface area contributed by atoms with E-state index >= 15 is 0 Å². The van der Waals surface area contributed by atoms with Gasteiger partial charge in [0.05, 0.1) is 14.2 Å². The van der Waals surface area contributed by atoms with Gasteiger partial charge in [-0.25, -0.2) is 0 Å². The van der Waals surface area contributed by atoms with Crippen LogP contribution in [0.1, 0.15) is 24.1 Å². The fraction of sp³-hybridized carbons (Fsp3) is 0.625. The minimum atomic E-state index is 0.486. The Morgan fingerprint density at radius 1 is 1.10 bits per heavy atom. The molecule has 20 heavy (non-hydrogen) atoms. The molecule has 0 radical (unpaired) electrons. The first-order valence-corrected chi connectivity index (χ1v) is 7.33. The Morgan fingerprint density at radius 3 is 2.50 bits per heavy atom. The molecule has 4 nitrogen and oxygen atoms in total. The molecule has 2 atom stereocenters. The summed E-state index contributed by atoms with van der Waals surface area (Å²) in [7, 11) is 5.63. The van der Waals surface area contributed by atoms with Crippen molar-refractivity contribution in [2.45, 2.75) is 25.4 Å². The third-order valence-electron chi connectivity index (χ3n) is 4.83. The van der Waals surface area contributed by atoms with Gasteiger partial charge in [-0.15, -0.1) is 0 Å². The first kappa shape index (κ1) is 13.7. The van der Waals surface area contributed by atoms with E-state index < -0.39 is 0 Å². The number of fused-ring (bicyclic) bond motifs is 3. The fourth-order valence-electron chi connectivity index (χ4n) is 3.44. The van der Waals surface area contributed by atoms with Crippen LogP contribution in [0.25, 0.3) is 0 Å². The van der Waals surface area contributed by atoms with E-state index in [2.05, 4.69) is 35.9 Å². The second-order valence-corrected chi connectivity index (χ2v) is 5.96. The summed E-state index contributed by atoms with van der Waals surface area (Å²) in [6.07, 6.45) is 1.10. The predicted molar refractivity (Wildman–Crippen MR) is 79.7 cm³/mol. The summed E-state index contributed by atoms with van der Waals surface area (Å²) in [4.78, 5) is 5.06. The third-order valence-corrected chi connectivity index (χ3v) is 4.83. The zero-order valence-electron chi connectivity index (χ0n) is 12.8. The molecule has 0 amide bonds. The van der Waals surface area contributed by atoms with E-state index in [0.29, 0.717) is 12.1 Å². The number of piperazine rings is 1. The van der Waals surface area contributed by atoms with Crippen LogP contribution in [-0.4, -0.2) is 56.7 Å². The number of methoxy groups -OCH3 is 2. The van der Waals surface area contributed by atoms with Gasteiger partial charge >= 0.3 is 0 Å². The summed E-state index contributed by atoms with van der Waals surface area (Å²) in [6, 6.07) is 5.45. The van der Waals surface area contributed by atoms with E-state index in [9.17, 15) is 0 Å². The molecule has 3 rings (SSSR count). The highest BCUT2D eigenvalue weighted by molar-refractivity contribution is 5.49. The van der Waals surface area contributed by atoms with E-state index in [1.165, 1.54) is 11.1 Å². The third kappa shape index (κ3) is 2.17. The quantitative estimate of drug-likeness (QED) is 0.824. The van der Waals surface area contributed by atoms with Gasteiger partial charge < -0.3 is 14.4 Å². The van der Waals surface area contributed by atoms with Crippen LogP contribution in [0.5, 0.6) is 11.5 Å². The smallest absolute Gasteiger partial charge is 0.161 e. The summed E-state index contributed by atoms with van der Waals surface area (Å²) in [6.45, 7) is 5.68. The lowest BCUT2D eigenvalue weighted by Gasteiger charge is -2.47. The molecule has 2 aliphatic rings. The summed E-state index contributed by atoms with van der Waals surface area (Å²) in [5.41, 5.74) is 2.82. The van der Waals surface area contributed by atoms with Crippen molar-refractivity contribution in [1.29, 1.82) is 0 Å². The molecule has 2 aliphatic heterocycles. The number of benzene rings is 1. The van der Waals surface area contributed by atoms with E-state index in [4.69, 9.17) is 9.47 Å². The lowest BCUT2D eigenvalue weighted by molar-refractivity contribution is 0.0449. The summed E-state index contributed by atoms with van der Waals surface area (Å²) < 4.78 is 10.9. The average molecular weight is 276 g/mol. The standard InChI is InChI=1S/C16H24N2O2/c1-11-9-18-6-5-12-7-15(19-3)16(20-4)8-13(12)14(18)10-17(11)2/h7-8,11,14H,5-6,9-10H2,1-4H3. The second kappa shape index (κ2) is 5.26. The topological polar surface area (TPSA) is 24.9 Å². The van der Waals surface area contributed by atoms with Crippen LogP contribution in [0.3, 0.4) is 0 Å². The lowest BCUT2D eigenvalue weighted by atomic mass is 9.89. The number of ether oxygens (including phenoxy) is 2. The first-order chi connectivity index (χ1) is 9.63. The van der Waals surface area contributed by atoms with Crippen LogP contribution >= 0.6 is 0 Å². The van der Waals surface area contributed by atoms with Crippen LogP contribution in [0.2, 0.25) is 0 Å². The van der Waals surface area contributed by atoms with Crippen molar-refractivity contribution in [3.8, 4) is 11.5 Å². The minimum Gasteiger partial charge on any atom is -0.493 e. The average Bonchev–Trinajstić information content (AvgIpc) is 2.47. The maximum Gasteiger partial charge on any atom is 0.161 e. The molecule has 0 aromatic heterocycles. The Hall–Kier alpha value is -1.26. The molecule has 1 saturated heterocycles. The largest absolute Gasteiger partial charge is 0.493 e. The van der Waals surface area contributed by atoms with E-state index in [0.717, 1.165) is 37.6 Å². The highest BCUT2D eigenvalue weighted by Gasteiger charge is 2.35. The highest BCUT2D eigenvalue weighted by atomic mass is 16.5. The molecule has 1 aromatic rings. The maximum absolute atomic E-state index is 5.47. The van der Waals surface area contributed by atoms with Crippen molar-refractivity contribution in [1.82, 2.24) is 9.80 Å². The predicted octanol–water partition coefficient (Wildman–Crippen LogP) is 1.94. The molecule has 0 saturated carbocycles. The Labute approximate surface area is 121 Å². The molecular weight excluding hydrogens is 252 g/mol. The number of nitrogens with zero attached hydrogens (tertiary/aromatic N) is 2. The van der Waals surface area contributed by atoms with Gasteiger partial charge in [-0.2, -0.15) is 0 Å². The lowest BCUT2D eigenvalue weighted by Crippen LogP contribution is -2.53. The second-order valence-electron chi connectivity index (χ2n) is 5.96. The molecule has 0 N–H and O–H groups in total. The van der Waals surface area contributed by atoms with Gasteiger partial charge in [0.25, 0.3) is 0 Å². The SMILES string of the molecule is COc1cc2c(cc1OC)C1CN(C)C(C)CN1CC2. The summed E-state index contributed by atoms with van der Waals surface area (Å²) >= 11 is 0. The normalized spacial score (nSPS) is 26.8. The molecule has 2 unspecified atom stereocenters. The molecule has 0 spiro atoms. The van der Waals surface area contributed by atoms with Crippen LogP contribution in [-0.2, 0) is 6.42 Å². The number of hydrogen-bond acceptors (Lipinski definition) is 4. The minimum absolute atomic E-state index is 0.486. The van der Waals surface area contributed by atoms with E-state index in [-0.39, 0.29) is 0 Å². The molecule has 0 bridgehead atoms. The number of hydrogen-bond donors (Lipinski definition) is 0. The van der Waals surface area contributed by atoms with Gasteiger partial charge in [-0.05, 0) is 43.7 Å². The number of likely N-dealkylation sites (N-methyl/N-ethyl adjacent to an activating group) is 1. The van der Waals surface area contributed by atoms with Crippen LogP contribution in [0.4, 0.5) is 0 Å². The Kier molecular flexibility index (Phi) is 3.61. The maximum atomic E-state index is 5.47. The molecule has 2 heterocycles. The van der Waals surface area contributed by atoms with E-state index in [1.807, 2.05) is 0 Å². The number of rotatable bonds is 2. The van der Waals surface area contributed by atoms with Crippen LogP contribution < -0.4 is 9.47 Å². The van der Waals surface area contributed by atoms with Gasteiger partial charge in [0, 0.05) is 31.7 Å². The van der Waals surface area contributed by atoms with Crippen LogP contribution in [0.15, 0.2) is 12.1 Å². The zero-order chi connectivity index (χ0) is 14.3.